The zero-order valence-electron chi connectivity index (χ0n) is 9.92. The van der Waals surface area contributed by atoms with Gasteiger partial charge in [0, 0.05) is 19.5 Å². The Hall–Kier alpha value is -0.900. The smallest absolute Gasteiger partial charge is 0.235 e. The largest absolute Gasteiger partial charge is 0.315 e. The molecular formula is C12H20N2O2. The lowest BCUT2D eigenvalue weighted by Gasteiger charge is -2.20. The fourth-order valence-corrected chi connectivity index (χ4v) is 2.90. The van der Waals surface area contributed by atoms with Gasteiger partial charge in [-0.1, -0.05) is 19.8 Å². The fraction of sp³-hybridized carbons (Fsp3) is 0.833. The van der Waals surface area contributed by atoms with E-state index in [9.17, 15) is 9.59 Å². The summed E-state index contributed by atoms with van der Waals surface area (Å²) in [4.78, 5) is 25.5. The molecule has 90 valence electrons. The number of nitrogens with one attached hydrogen (secondary N) is 1. The summed E-state index contributed by atoms with van der Waals surface area (Å²) in [6, 6.07) is 0. The molecule has 1 aliphatic heterocycles. The second-order valence-corrected chi connectivity index (χ2v) is 4.87. The molecule has 4 nitrogen and oxygen atoms in total. The van der Waals surface area contributed by atoms with E-state index in [1.54, 1.807) is 0 Å². The van der Waals surface area contributed by atoms with Crippen LogP contribution in [0.25, 0.3) is 0 Å². The summed E-state index contributed by atoms with van der Waals surface area (Å²) in [5, 5.41) is 3.15. The summed E-state index contributed by atoms with van der Waals surface area (Å²) in [5.74, 6) is 0.123. The lowest BCUT2D eigenvalue weighted by molar-refractivity contribution is -0.141. The van der Waals surface area contributed by atoms with Gasteiger partial charge in [0.05, 0.1) is 5.41 Å². The maximum atomic E-state index is 12.2. The predicted octanol–water partition coefficient (Wildman–Crippen LogP) is 0.915. The third kappa shape index (κ3) is 1.86. The van der Waals surface area contributed by atoms with Crippen LogP contribution in [-0.4, -0.2) is 36.3 Å². The highest BCUT2D eigenvalue weighted by Crippen LogP contribution is 2.46. The standard InChI is InChI=1S/C12H20N2O2/c1-2-13-7-8-14-10(15)9-12(11(14)16)5-3-4-6-12/h13H,2-9H2,1H3. The van der Waals surface area contributed by atoms with Crippen LogP contribution in [0.4, 0.5) is 0 Å². The van der Waals surface area contributed by atoms with E-state index in [1.807, 2.05) is 6.92 Å². The molecule has 1 saturated heterocycles. The highest BCUT2D eigenvalue weighted by molar-refractivity contribution is 6.06. The van der Waals surface area contributed by atoms with Crippen LogP contribution in [0.15, 0.2) is 0 Å². The number of likely N-dealkylation sites (N-methyl/N-ethyl adjacent to an activating group) is 1. The van der Waals surface area contributed by atoms with E-state index in [2.05, 4.69) is 5.32 Å². The Morgan fingerprint density at radius 2 is 2.00 bits per heavy atom. The van der Waals surface area contributed by atoms with Gasteiger partial charge < -0.3 is 5.32 Å². The van der Waals surface area contributed by atoms with Gasteiger partial charge in [0.2, 0.25) is 11.8 Å². The summed E-state index contributed by atoms with van der Waals surface area (Å²) in [5.41, 5.74) is -0.302. The topological polar surface area (TPSA) is 49.4 Å². The Kier molecular flexibility index (Phi) is 3.28. The van der Waals surface area contributed by atoms with Crippen molar-refractivity contribution in [1.82, 2.24) is 10.2 Å². The van der Waals surface area contributed by atoms with Crippen LogP contribution < -0.4 is 5.32 Å². The summed E-state index contributed by atoms with van der Waals surface area (Å²) in [7, 11) is 0. The number of likely N-dealkylation sites (tertiary alicyclic amines) is 1. The van der Waals surface area contributed by atoms with Gasteiger partial charge in [0.25, 0.3) is 0 Å². The van der Waals surface area contributed by atoms with E-state index in [-0.39, 0.29) is 17.2 Å². The molecule has 0 radical (unpaired) electrons. The number of amides is 2. The number of carbonyl (C=O) groups excluding carboxylic acids is 2. The first-order valence-electron chi connectivity index (χ1n) is 6.25. The van der Waals surface area contributed by atoms with Crippen molar-refractivity contribution in [1.29, 1.82) is 0 Å². The average molecular weight is 224 g/mol. The van der Waals surface area contributed by atoms with Crippen LogP contribution in [0, 0.1) is 5.41 Å². The van der Waals surface area contributed by atoms with E-state index in [4.69, 9.17) is 0 Å². The molecule has 1 aliphatic carbocycles. The van der Waals surface area contributed by atoms with Gasteiger partial charge in [-0.25, -0.2) is 0 Å². The molecule has 2 amide bonds. The van der Waals surface area contributed by atoms with Gasteiger partial charge in [-0.2, -0.15) is 0 Å². The van der Waals surface area contributed by atoms with Crippen LogP contribution in [0.1, 0.15) is 39.0 Å². The first-order chi connectivity index (χ1) is 7.69. The van der Waals surface area contributed by atoms with Crippen LogP contribution in [0.2, 0.25) is 0 Å². The average Bonchev–Trinajstić information content (AvgIpc) is 2.80. The Bertz CT molecular complexity index is 295. The van der Waals surface area contributed by atoms with Crippen molar-refractivity contribution >= 4 is 11.8 Å². The first kappa shape index (κ1) is 11.6. The molecule has 1 spiro atoms. The molecule has 0 unspecified atom stereocenters. The van der Waals surface area contributed by atoms with Crippen molar-refractivity contribution in [2.24, 2.45) is 5.41 Å². The minimum atomic E-state index is -0.302. The molecule has 0 aromatic rings. The maximum Gasteiger partial charge on any atom is 0.235 e. The Labute approximate surface area is 96.4 Å². The zero-order valence-corrected chi connectivity index (χ0v) is 9.92. The van der Waals surface area contributed by atoms with Crippen molar-refractivity contribution in [2.45, 2.75) is 39.0 Å². The van der Waals surface area contributed by atoms with Gasteiger partial charge in [0.1, 0.15) is 0 Å². The van der Waals surface area contributed by atoms with Gasteiger partial charge >= 0.3 is 0 Å². The van der Waals surface area contributed by atoms with Crippen LogP contribution in [-0.2, 0) is 9.59 Å². The highest BCUT2D eigenvalue weighted by atomic mass is 16.2. The highest BCUT2D eigenvalue weighted by Gasteiger charge is 2.52. The molecule has 0 aromatic carbocycles. The van der Waals surface area contributed by atoms with E-state index in [0.717, 1.165) is 32.2 Å². The molecule has 2 aliphatic rings. The molecule has 2 rings (SSSR count). The molecule has 16 heavy (non-hydrogen) atoms. The Balaban J connectivity index is 1.99. The van der Waals surface area contributed by atoms with Crippen molar-refractivity contribution < 1.29 is 9.59 Å². The minimum absolute atomic E-state index is 0.0322. The van der Waals surface area contributed by atoms with Gasteiger partial charge in [0.15, 0.2) is 0 Å². The molecule has 1 N–H and O–H groups in total. The second kappa shape index (κ2) is 4.53. The number of carbonyl (C=O) groups is 2. The SMILES string of the molecule is CCNCCN1C(=O)CC2(CCCC2)C1=O. The van der Waals surface area contributed by atoms with Crippen molar-refractivity contribution in [3.05, 3.63) is 0 Å². The normalized spacial score (nSPS) is 23.7. The molecule has 0 bridgehead atoms. The maximum absolute atomic E-state index is 12.2. The van der Waals surface area contributed by atoms with E-state index in [1.165, 1.54) is 4.90 Å². The molecule has 2 fully saturated rings. The second-order valence-electron chi connectivity index (χ2n) is 4.87. The Morgan fingerprint density at radius 3 is 2.62 bits per heavy atom. The van der Waals surface area contributed by atoms with E-state index < -0.39 is 0 Å². The number of hydrogen-bond acceptors (Lipinski definition) is 3. The minimum Gasteiger partial charge on any atom is -0.315 e. The first-order valence-corrected chi connectivity index (χ1v) is 6.25. The quantitative estimate of drug-likeness (QED) is 0.570. The zero-order chi connectivity index (χ0) is 11.6. The molecule has 4 heteroatoms. The monoisotopic (exact) mass is 224 g/mol. The van der Waals surface area contributed by atoms with E-state index >= 15 is 0 Å². The van der Waals surface area contributed by atoms with Gasteiger partial charge in [-0.3, -0.25) is 14.5 Å². The number of imide groups is 1. The number of nitrogens with zero attached hydrogens (tertiary/aromatic N) is 1. The van der Waals surface area contributed by atoms with Crippen molar-refractivity contribution in [3.8, 4) is 0 Å². The lowest BCUT2D eigenvalue weighted by atomic mass is 9.84. The summed E-state index contributed by atoms with van der Waals surface area (Å²) < 4.78 is 0. The van der Waals surface area contributed by atoms with Crippen molar-refractivity contribution in [3.63, 3.8) is 0 Å². The van der Waals surface area contributed by atoms with Gasteiger partial charge in [-0.15, -0.1) is 0 Å². The summed E-state index contributed by atoms with van der Waals surface area (Å²) >= 11 is 0. The van der Waals surface area contributed by atoms with E-state index in [0.29, 0.717) is 19.5 Å². The third-order valence-electron chi connectivity index (χ3n) is 3.81. The number of hydrogen-bond donors (Lipinski definition) is 1. The Morgan fingerprint density at radius 1 is 1.31 bits per heavy atom. The van der Waals surface area contributed by atoms with Crippen LogP contribution >= 0.6 is 0 Å². The van der Waals surface area contributed by atoms with Gasteiger partial charge in [-0.05, 0) is 19.4 Å². The van der Waals surface area contributed by atoms with Crippen LogP contribution in [0.3, 0.4) is 0 Å². The molecule has 0 aromatic heterocycles. The molecule has 0 atom stereocenters. The molecule has 1 heterocycles. The molecular weight excluding hydrogens is 204 g/mol. The molecule has 1 saturated carbocycles. The predicted molar refractivity (Wildman–Crippen MR) is 60.8 cm³/mol. The fourth-order valence-electron chi connectivity index (χ4n) is 2.90. The lowest BCUT2D eigenvalue weighted by Crippen LogP contribution is -2.38. The summed E-state index contributed by atoms with van der Waals surface area (Å²) in [6.45, 7) is 4.14. The van der Waals surface area contributed by atoms with Crippen molar-refractivity contribution in [2.75, 3.05) is 19.6 Å². The summed E-state index contributed by atoms with van der Waals surface area (Å²) in [6.07, 6.45) is 4.47. The van der Waals surface area contributed by atoms with Crippen LogP contribution in [0.5, 0.6) is 0 Å². The number of rotatable bonds is 4. The third-order valence-corrected chi connectivity index (χ3v) is 3.81.